The summed E-state index contributed by atoms with van der Waals surface area (Å²) < 4.78 is 10.2. The van der Waals surface area contributed by atoms with Crippen LogP contribution < -0.4 is 21.1 Å². The van der Waals surface area contributed by atoms with Gasteiger partial charge in [-0.05, 0) is 43.3 Å². The van der Waals surface area contributed by atoms with Gasteiger partial charge in [0.15, 0.2) is 12.7 Å². The topological polar surface area (TPSA) is 120 Å². The summed E-state index contributed by atoms with van der Waals surface area (Å²) in [5, 5.41) is 5.04. The van der Waals surface area contributed by atoms with Gasteiger partial charge in [-0.25, -0.2) is 9.59 Å². The van der Waals surface area contributed by atoms with Crippen LogP contribution in [-0.4, -0.2) is 30.6 Å². The first-order valence-corrected chi connectivity index (χ1v) is 7.79. The maximum Gasteiger partial charge on any atom is 0.344 e. The lowest BCUT2D eigenvalue weighted by Crippen LogP contribution is -2.42. The second kappa shape index (κ2) is 9.07. The Labute approximate surface area is 150 Å². The predicted molar refractivity (Wildman–Crippen MR) is 94.9 cm³/mol. The van der Waals surface area contributed by atoms with E-state index in [4.69, 9.17) is 15.2 Å². The van der Waals surface area contributed by atoms with Crippen LogP contribution in [0, 0.1) is 0 Å². The van der Waals surface area contributed by atoms with Gasteiger partial charge in [0.2, 0.25) is 0 Å². The minimum absolute atomic E-state index is 0.375. The number of imide groups is 1. The van der Waals surface area contributed by atoms with Crippen LogP contribution in [0.4, 0.5) is 16.2 Å². The lowest BCUT2D eigenvalue weighted by molar-refractivity contribution is -0.156. The fraction of sp³-hybridized carbons (Fsp3) is 0.167. The van der Waals surface area contributed by atoms with Gasteiger partial charge in [-0.3, -0.25) is 10.1 Å². The van der Waals surface area contributed by atoms with E-state index in [1.807, 2.05) is 35.6 Å². The van der Waals surface area contributed by atoms with E-state index in [1.54, 1.807) is 24.3 Å². The molecule has 2 aromatic carbocycles. The molecule has 4 N–H and O–H groups in total. The molecule has 26 heavy (non-hydrogen) atoms. The monoisotopic (exact) mass is 357 g/mol. The highest BCUT2D eigenvalue weighted by Crippen LogP contribution is 2.19. The zero-order valence-electron chi connectivity index (χ0n) is 14.1. The second-order valence-electron chi connectivity index (χ2n) is 5.29. The van der Waals surface area contributed by atoms with Crippen LogP contribution in [0.3, 0.4) is 0 Å². The third-order valence-electron chi connectivity index (χ3n) is 3.20. The number of anilines is 2. The van der Waals surface area contributed by atoms with Crippen LogP contribution in [0.1, 0.15) is 6.92 Å². The van der Waals surface area contributed by atoms with Crippen LogP contribution in [0.15, 0.2) is 54.6 Å². The Bertz CT molecular complexity index is 762. The molecule has 3 amide bonds. The van der Waals surface area contributed by atoms with Crippen LogP contribution in [0.25, 0.3) is 0 Å². The number of urea groups is 1. The molecule has 0 spiro atoms. The fourth-order valence-electron chi connectivity index (χ4n) is 1.97. The maximum absolute atomic E-state index is 11.7. The predicted octanol–water partition coefficient (Wildman–Crippen LogP) is 1.94. The van der Waals surface area contributed by atoms with Gasteiger partial charge < -0.3 is 20.5 Å². The Kier molecular flexibility index (Phi) is 6.55. The molecule has 0 saturated heterocycles. The Morgan fingerprint density at radius 2 is 1.62 bits per heavy atom. The Morgan fingerprint density at radius 1 is 1.00 bits per heavy atom. The average molecular weight is 357 g/mol. The molecule has 0 aromatic heterocycles. The summed E-state index contributed by atoms with van der Waals surface area (Å²) >= 11 is 0. The van der Waals surface area contributed by atoms with Crippen molar-refractivity contribution in [1.29, 1.82) is 0 Å². The minimum Gasteiger partial charge on any atom is -0.482 e. The fourth-order valence-corrected chi connectivity index (χ4v) is 1.97. The van der Waals surface area contributed by atoms with Crippen molar-refractivity contribution in [3.8, 4) is 5.75 Å². The molecule has 2 rings (SSSR count). The van der Waals surface area contributed by atoms with E-state index >= 15 is 0 Å². The number of carbonyl (C=O) groups is 3. The number of para-hydroxylation sites is 1. The van der Waals surface area contributed by atoms with Gasteiger partial charge in [-0.1, -0.05) is 18.2 Å². The van der Waals surface area contributed by atoms with E-state index < -0.39 is 24.0 Å². The molecule has 0 unspecified atom stereocenters. The van der Waals surface area contributed by atoms with Crippen molar-refractivity contribution in [1.82, 2.24) is 5.32 Å². The summed E-state index contributed by atoms with van der Waals surface area (Å²) in [7, 11) is 0. The van der Waals surface area contributed by atoms with Gasteiger partial charge in [0.25, 0.3) is 5.91 Å². The Morgan fingerprint density at radius 3 is 2.23 bits per heavy atom. The number of amides is 3. The van der Waals surface area contributed by atoms with Gasteiger partial charge in [0, 0.05) is 11.4 Å². The number of rotatable bonds is 7. The maximum atomic E-state index is 11.7. The highest BCUT2D eigenvalue weighted by atomic mass is 16.6. The number of nitrogens with two attached hydrogens (primary N) is 1. The summed E-state index contributed by atoms with van der Waals surface area (Å²) in [6.07, 6.45) is -1.16. The van der Waals surface area contributed by atoms with Gasteiger partial charge in [-0.2, -0.15) is 0 Å². The average Bonchev–Trinajstić information content (AvgIpc) is 2.61. The van der Waals surface area contributed by atoms with Crippen molar-refractivity contribution in [3.63, 3.8) is 0 Å². The highest BCUT2D eigenvalue weighted by molar-refractivity contribution is 5.96. The smallest absolute Gasteiger partial charge is 0.344 e. The second-order valence-corrected chi connectivity index (χ2v) is 5.29. The third kappa shape index (κ3) is 6.16. The third-order valence-corrected chi connectivity index (χ3v) is 3.20. The summed E-state index contributed by atoms with van der Waals surface area (Å²) in [6, 6.07) is 15.6. The molecule has 0 fully saturated rings. The van der Waals surface area contributed by atoms with Gasteiger partial charge in [0.1, 0.15) is 5.75 Å². The molecule has 2 aromatic rings. The molecule has 8 heteroatoms. The van der Waals surface area contributed by atoms with Crippen molar-refractivity contribution in [2.75, 3.05) is 11.9 Å². The molecule has 0 bridgehead atoms. The number of carbonyl (C=O) groups excluding carboxylic acids is 3. The quantitative estimate of drug-likeness (QED) is 0.651. The van der Waals surface area contributed by atoms with E-state index in [1.165, 1.54) is 6.92 Å². The number of hydrogen-bond acceptors (Lipinski definition) is 6. The molecule has 0 saturated carbocycles. The largest absolute Gasteiger partial charge is 0.482 e. The Hall–Kier alpha value is -3.55. The summed E-state index contributed by atoms with van der Waals surface area (Å²) in [5.74, 6) is -1.08. The van der Waals surface area contributed by atoms with Gasteiger partial charge >= 0.3 is 12.0 Å². The summed E-state index contributed by atoms with van der Waals surface area (Å²) in [6.45, 7) is 0.944. The Balaban J connectivity index is 1.79. The lowest BCUT2D eigenvalue weighted by Gasteiger charge is -2.12. The van der Waals surface area contributed by atoms with Crippen molar-refractivity contribution >= 4 is 29.3 Å². The molecular weight excluding hydrogens is 338 g/mol. The molecule has 0 aliphatic carbocycles. The van der Waals surface area contributed by atoms with E-state index in [9.17, 15) is 14.4 Å². The number of hydrogen-bond donors (Lipinski definition) is 3. The molecule has 0 aliphatic rings. The SMILES string of the molecule is C[C@@H](OC(=O)COc1ccc(Nc2ccccc2)cc1)C(=O)NC(N)=O. The molecule has 0 aliphatic heterocycles. The first-order chi connectivity index (χ1) is 12.4. The van der Waals surface area contributed by atoms with Crippen LogP contribution in [0.5, 0.6) is 5.75 Å². The molecule has 0 heterocycles. The van der Waals surface area contributed by atoms with Crippen LogP contribution in [0.2, 0.25) is 0 Å². The minimum atomic E-state index is -1.16. The van der Waals surface area contributed by atoms with E-state index in [0.717, 1.165) is 11.4 Å². The zero-order valence-corrected chi connectivity index (χ0v) is 14.1. The van der Waals surface area contributed by atoms with E-state index in [2.05, 4.69) is 5.32 Å². The normalized spacial score (nSPS) is 11.1. The van der Waals surface area contributed by atoms with Crippen molar-refractivity contribution in [3.05, 3.63) is 54.6 Å². The van der Waals surface area contributed by atoms with Crippen molar-refractivity contribution in [2.45, 2.75) is 13.0 Å². The summed E-state index contributed by atoms with van der Waals surface area (Å²) in [4.78, 5) is 33.7. The number of benzene rings is 2. The highest BCUT2D eigenvalue weighted by Gasteiger charge is 2.19. The molecule has 8 nitrogen and oxygen atoms in total. The summed E-state index contributed by atoms with van der Waals surface area (Å²) in [5.41, 5.74) is 6.63. The molecule has 0 radical (unpaired) electrons. The molecule has 136 valence electrons. The molecule has 1 atom stereocenters. The van der Waals surface area contributed by atoms with Gasteiger partial charge in [-0.15, -0.1) is 0 Å². The van der Waals surface area contributed by atoms with Crippen LogP contribution in [-0.2, 0) is 14.3 Å². The number of primary amides is 1. The first-order valence-electron chi connectivity index (χ1n) is 7.79. The van der Waals surface area contributed by atoms with Gasteiger partial charge in [0.05, 0.1) is 0 Å². The lowest BCUT2D eigenvalue weighted by atomic mass is 10.2. The molecular formula is C18H19N3O5. The van der Waals surface area contributed by atoms with Crippen molar-refractivity contribution < 1.29 is 23.9 Å². The number of nitrogens with one attached hydrogen (secondary N) is 2. The van der Waals surface area contributed by atoms with E-state index in [0.29, 0.717) is 5.75 Å². The van der Waals surface area contributed by atoms with Crippen molar-refractivity contribution in [2.24, 2.45) is 5.73 Å². The number of esters is 1. The first kappa shape index (κ1) is 18.8. The number of ether oxygens (including phenoxy) is 2. The standard InChI is InChI=1S/C18H19N3O5/c1-12(17(23)21-18(19)24)26-16(22)11-25-15-9-7-14(8-10-15)20-13-5-3-2-4-6-13/h2-10,12,20H,11H2,1H3,(H3,19,21,23,24)/t12-/m1/s1. The van der Waals surface area contributed by atoms with E-state index in [-0.39, 0.29) is 6.61 Å². The zero-order chi connectivity index (χ0) is 18.9. The van der Waals surface area contributed by atoms with Crippen LogP contribution >= 0.6 is 0 Å².